The molecule has 0 spiro atoms. The lowest BCUT2D eigenvalue weighted by Gasteiger charge is -2.15. The van der Waals surface area contributed by atoms with E-state index in [4.69, 9.17) is 16.0 Å². The molecule has 0 fully saturated rings. The highest BCUT2D eigenvalue weighted by molar-refractivity contribution is 6.32. The second-order valence-electron chi connectivity index (χ2n) is 6.86. The summed E-state index contributed by atoms with van der Waals surface area (Å²) in [5, 5.41) is 5.97. The summed E-state index contributed by atoms with van der Waals surface area (Å²) in [4.78, 5) is 19.0. The van der Waals surface area contributed by atoms with Gasteiger partial charge < -0.3 is 9.32 Å². The summed E-state index contributed by atoms with van der Waals surface area (Å²) in [5.74, 6) is 1.36. The van der Waals surface area contributed by atoms with Crippen LogP contribution in [0.5, 0.6) is 0 Å². The molecule has 2 heterocycles. The van der Waals surface area contributed by atoms with Crippen LogP contribution in [0.25, 0.3) is 16.7 Å². The zero-order valence-electron chi connectivity index (χ0n) is 16.5. The molecular formula is C22H21ClN4O2. The molecule has 6 nitrogen and oxygen atoms in total. The molecule has 0 aliphatic rings. The van der Waals surface area contributed by atoms with Crippen molar-refractivity contribution in [1.29, 1.82) is 0 Å². The Morgan fingerprint density at radius 1 is 1.17 bits per heavy atom. The van der Waals surface area contributed by atoms with Gasteiger partial charge in [0, 0.05) is 31.0 Å². The molecule has 0 radical (unpaired) electrons. The first-order valence-corrected chi connectivity index (χ1v) is 9.80. The van der Waals surface area contributed by atoms with E-state index in [1.54, 1.807) is 29.6 Å². The van der Waals surface area contributed by atoms with Gasteiger partial charge in [-0.25, -0.2) is 9.67 Å². The predicted molar refractivity (Wildman–Crippen MR) is 112 cm³/mol. The lowest BCUT2D eigenvalue weighted by molar-refractivity contribution is 0.0773. The second-order valence-corrected chi connectivity index (χ2v) is 7.27. The Kier molecular flexibility index (Phi) is 5.11. The fraction of sp³-hybridized carbons (Fsp3) is 0.227. The first-order valence-electron chi connectivity index (χ1n) is 9.43. The highest BCUT2D eigenvalue weighted by atomic mass is 35.5. The average Bonchev–Trinajstić information content (AvgIpc) is 3.28. The van der Waals surface area contributed by atoms with Gasteiger partial charge in [0.1, 0.15) is 17.2 Å². The molecule has 4 rings (SSSR count). The van der Waals surface area contributed by atoms with Crippen molar-refractivity contribution in [2.45, 2.75) is 26.8 Å². The lowest BCUT2D eigenvalue weighted by Crippen LogP contribution is -2.27. The number of hydrogen-bond acceptors (Lipinski definition) is 4. The van der Waals surface area contributed by atoms with Crippen LogP contribution >= 0.6 is 11.6 Å². The normalized spacial score (nSPS) is 11.2. The first-order chi connectivity index (χ1) is 14.0. The number of carbonyl (C=O) groups is 1. The summed E-state index contributed by atoms with van der Waals surface area (Å²) in [6.07, 6.45) is 0.754. The second kappa shape index (κ2) is 7.72. The molecule has 0 unspecified atom stereocenters. The van der Waals surface area contributed by atoms with Crippen molar-refractivity contribution in [3.8, 4) is 5.69 Å². The van der Waals surface area contributed by atoms with Crippen molar-refractivity contribution >= 4 is 28.5 Å². The predicted octanol–water partition coefficient (Wildman–Crippen LogP) is 4.81. The van der Waals surface area contributed by atoms with Crippen molar-refractivity contribution in [2.24, 2.45) is 0 Å². The maximum atomic E-state index is 13.0. The number of halogens is 1. The summed E-state index contributed by atoms with van der Waals surface area (Å²) in [6, 6.07) is 15.2. The number of para-hydroxylation sites is 2. The molecular weight excluding hydrogens is 388 g/mol. The van der Waals surface area contributed by atoms with Gasteiger partial charge >= 0.3 is 0 Å². The highest BCUT2D eigenvalue weighted by Crippen LogP contribution is 2.27. The number of fused-ring (bicyclic) bond motifs is 1. The molecule has 148 valence electrons. The van der Waals surface area contributed by atoms with E-state index < -0.39 is 0 Å². The maximum absolute atomic E-state index is 13.0. The molecule has 0 atom stereocenters. The van der Waals surface area contributed by atoms with Gasteiger partial charge in [-0.2, -0.15) is 0 Å². The first kappa shape index (κ1) is 19.2. The summed E-state index contributed by atoms with van der Waals surface area (Å²) < 4.78 is 7.53. The van der Waals surface area contributed by atoms with Gasteiger partial charge in [-0.05, 0) is 25.1 Å². The molecule has 7 heteroatoms. The Balaban J connectivity index is 1.63. The molecule has 0 bridgehead atoms. The van der Waals surface area contributed by atoms with Gasteiger partial charge in [-0.1, -0.05) is 48.9 Å². The Labute approximate surface area is 173 Å². The van der Waals surface area contributed by atoms with Crippen molar-refractivity contribution in [3.05, 3.63) is 76.5 Å². The lowest BCUT2D eigenvalue weighted by atomic mass is 10.1. The van der Waals surface area contributed by atoms with Gasteiger partial charge in [-0.3, -0.25) is 4.79 Å². The van der Waals surface area contributed by atoms with E-state index in [0.29, 0.717) is 23.1 Å². The number of nitrogens with zero attached hydrogens (tertiary/aromatic N) is 4. The summed E-state index contributed by atoms with van der Waals surface area (Å²) in [7, 11) is 1.75. The van der Waals surface area contributed by atoms with Crippen LogP contribution in [0, 0.1) is 6.92 Å². The monoisotopic (exact) mass is 408 g/mol. The number of carbonyl (C=O) groups excluding carboxylic acids is 1. The average molecular weight is 409 g/mol. The number of aryl methyl sites for hydroxylation is 2. The minimum atomic E-state index is -0.258. The Morgan fingerprint density at radius 3 is 2.66 bits per heavy atom. The van der Waals surface area contributed by atoms with E-state index in [1.165, 1.54) is 0 Å². The van der Waals surface area contributed by atoms with Crippen molar-refractivity contribution in [2.75, 3.05) is 7.05 Å². The van der Waals surface area contributed by atoms with Crippen molar-refractivity contribution in [3.63, 3.8) is 0 Å². The van der Waals surface area contributed by atoms with E-state index in [1.807, 2.05) is 49.4 Å². The Hall–Kier alpha value is -3.12. The number of amides is 1. The van der Waals surface area contributed by atoms with Crippen LogP contribution in [0.1, 0.15) is 34.7 Å². The Morgan fingerprint density at radius 2 is 1.90 bits per heavy atom. The van der Waals surface area contributed by atoms with Gasteiger partial charge in [-0.15, -0.1) is 5.10 Å². The van der Waals surface area contributed by atoms with Crippen LogP contribution in [0.3, 0.4) is 0 Å². The van der Waals surface area contributed by atoms with Crippen LogP contribution < -0.4 is 0 Å². The summed E-state index contributed by atoms with van der Waals surface area (Å²) >= 11 is 6.27. The molecule has 2 aromatic carbocycles. The summed E-state index contributed by atoms with van der Waals surface area (Å²) in [6.45, 7) is 4.25. The van der Waals surface area contributed by atoms with E-state index in [9.17, 15) is 4.79 Å². The molecule has 0 saturated carbocycles. The third kappa shape index (κ3) is 3.51. The number of benzene rings is 2. The molecule has 0 saturated heterocycles. The minimum Gasteiger partial charge on any atom is -0.461 e. The van der Waals surface area contributed by atoms with E-state index in [2.05, 4.69) is 10.1 Å². The maximum Gasteiger partial charge on any atom is 0.293 e. The van der Waals surface area contributed by atoms with E-state index in [0.717, 1.165) is 28.7 Å². The molecule has 4 aromatic rings. The quantitative estimate of drug-likeness (QED) is 0.475. The smallest absolute Gasteiger partial charge is 0.293 e. The fourth-order valence-corrected chi connectivity index (χ4v) is 3.64. The molecule has 1 amide bonds. The SMILES string of the molecule is CCc1oc2ccccc2c1CN(C)C(=O)c1nc(C)n(-c2ccccc2Cl)n1. The molecule has 0 aliphatic heterocycles. The molecule has 29 heavy (non-hydrogen) atoms. The van der Waals surface area contributed by atoms with Gasteiger partial charge in [0.25, 0.3) is 5.91 Å². The standard InChI is InChI=1S/C22H21ClN4O2/c1-4-19-16(15-9-5-8-12-20(15)29-19)13-26(3)22(28)21-24-14(2)27(25-21)18-11-7-6-10-17(18)23/h5-12H,4,13H2,1-3H3. The number of rotatable bonds is 5. The molecule has 2 aromatic heterocycles. The topological polar surface area (TPSA) is 64.2 Å². The highest BCUT2D eigenvalue weighted by Gasteiger charge is 2.22. The van der Waals surface area contributed by atoms with Crippen LogP contribution in [0.4, 0.5) is 0 Å². The fourth-order valence-electron chi connectivity index (χ4n) is 3.42. The van der Waals surface area contributed by atoms with Crippen LogP contribution in [0.2, 0.25) is 5.02 Å². The molecule has 0 N–H and O–H groups in total. The van der Waals surface area contributed by atoms with Crippen LogP contribution in [-0.4, -0.2) is 32.6 Å². The van der Waals surface area contributed by atoms with E-state index in [-0.39, 0.29) is 11.7 Å². The molecule has 0 aliphatic carbocycles. The Bertz CT molecular complexity index is 1190. The van der Waals surface area contributed by atoms with Crippen molar-refractivity contribution < 1.29 is 9.21 Å². The summed E-state index contributed by atoms with van der Waals surface area (Å²) in [5.41, 5.74) is 2.54. The van der Waals surface area contributed by atoms with Crippen LogP contribution in [-0.2, 0) is 13.0 Å². The van der Waals surface area contributed by atoms with Gasteiger partial charge in [0.2, 0.25) is 5.82 Å². The van der Waals surface area contributed by atoms with Crippen molar-refractivity contribution in [1.82, 2.24) is 19.7 Å². The van der Waals surface area contributed by atoms with Crippen LogP contribution in [0.15, 0.2) is 52.9 Å². The zero-order chi connectivity index (χ0) is 20.5. The minimum absolute atomic E-state index is 0.135. The van der Waals surface area contributed by atoms with Gasteiger partial charge in [0.15, 0.2) is 0 Å². The largest absolute Gasteiger partial charge is 0.461 e. The number of hydrogen-bond donors (Lipinski definition) is 0. The number of aromatic nitrogens is 3. The third-order valence-electron chi connectivity index (χ3n) is 4.89. The number of furan rings is 1. The zero-order valence-corrected chi connectivity index (χ0v) is 17.3. The third-order valence-corrected chi connectivity index (χ3v) is 5.21. The van der Waals surface area contributed by atoms with E-state index >= 15 is 0 Å². The van der Waals surface area contributed by atoms with Gasteiger partial charge in [0.05, 0.1) is 10.7 Å².